The summed E-state index contributed by atoms with van der Waals surface area (Å²) >= 11 is 0. The van der Waals surface area contributed by atoms with Gasteiger partial charge < -0.3 is 9.47 Å². The second-order valence-corrected chi connectivity index (χ2v) is 3.17. The summed E-state index contributed by atoms with van der Waals surface area (Å²) in [6.45, 7) is 0. The summed E-state index contributed by atoms with van der Waals surface area (Å²) in [4.78, 5) is 10.8. The first-order valence-corrected chi connectivity index (χ1v) is 4.72. The van der Waals surface area contributed by atoms with E-state index in [1.165, 1.54) is 7.11 Å². The van der Waals surface area contributed by atoms with E-state index in [1.807, 2.05) is 0 Å². The Hall–Kier alpha value is -0.990. The third-order valence-corrected chi connectivity index (χ3v) is 2.15. The molecule has 1 aliphatic carbocycles. The summed E-state index contributed by atoms with van der Waals surface area (Å²) in [5.41, 5.74) is 0. The van der Waals surface area contributed by atoms with Gasteiger partial charge >= 0.3 is 6.16 Å². The predicted octanol–water partition coefficient (Wildman–Crippen LogP) is 2.66. The van der Waals surface area contributed by atoms with Gasteiger partial charge in [-0.15, -0.1) is 0 Å². The monoisotopic (exact) mass is 184 g/mol. The fourth-order valence-electron chi connectivity index (χ4n) is 1.43. The second-order valence-electron chi connectivity index (χ2n) is 3.17. The molecule has 0 heterocycles. The summed E-state index contributed by atoms with van der Waals surface area (Å²) in [6.07, 6.45) is 8.82. The van der Waals surface area contributed by atoms with Gasteiger partial charge in [0.05, 0.1) is 7.11 Å². The van der Waals surface area contributed by atoms with Gasteiger partial charge in [-0.25, -0.2) is 4.79 Å². The molecule has 0 fully saturated rings. The van der Waals surface area contributed by atoms with Crippen LogP contribution in [0.4, 0.5) is 4.79 Å². The lowest BCUT2D eigenvalue weighted by molar-refractivity contribution is 0.0300. The van der Waals surface area contributed by atoms with Crippen molar-refractivity contribution in [2.45, 2.75) is 38.2 Å². The van der Waals surface area contributed by atoms with E-state index in [-0.39, 0.29) is 6.10 Å². The van der Waals surface area contributed by atoms with Crippen LogP contribution < -0.4 is 0 Å². The summed E-state index contributed by atoms with van der Waals surface area (Å²) in [7, 11) is 1.34. The number of carbonyl (C=O) groups excluding carboxylic acids is 1. The molecule has 1 unspecified atom stereocenters. The van der Waals surface area contributed by atoms with Crippen LogP contribution in [0, 0.1) is 0 Å². The molecule has 0 spiro atoms. The number of hydrogen-bond acceptors (Lipinski definition) is 3. The number of allylic oxidation sites excluding steroid dienone is 2. The number of ether oxygens (including phenoxy) is 2. The van der Waals surface area contributed by atoms with Crippen molar-refractivity contribution in [1.29, 1.82) is 0 Å². The SMILES string of the molecule is COC(=O)OC1CCC=CCCC1. The minimum Gasteiger partial charge on any atom is -0.438 e. The Bertz CT molecular complexity index is 187. The lowest BCUT2D eigenvalue weighted by Crippen LogP contribution is -2.18. The molecule has 1 aliphatic rings. The third kappa shape index (κ3) is 3.97. The number of hydrogen-bond donors (Lipinski definition) is 0. The highest BCUT2D eigenvalue weighted by atomic mass is 16.7. The Labute approximate surface area is 78.7 Å². The van der Waals surface area contributed by atoms with E-state index in [1.54, 1.807) is 0 Å². The van der Waals surface area contributed by atoms with Crippen molar-refractivity contribution in [2.75, 3.05) is 7.11 Å². The van der Waals surface area contributed by atoms with Gasteiger partial charge in [-0.05, 0) is 32.1 Å². The molecular formula is C10H16O3. The minimum absolute atomic E-state index is 0.0393. The quantitative estimate of drug-likeness (QED) is 0.464. The first-order chi connectivity index (χ1) is 6.33. The molecule has 3 nitrogen and oxygen atoms in total. The average Bonchev–Trinajstić information content (AvgIpc) is 2.09. The molecule has 0 aromatic carbocycles. The molecule has 13 heavy (non-hydrogen) atoms. The van der Waals surface area contributed by atoms with Gasteiger partial charge in [-0.2, -0.15) is 0 Å². The van der Waals surface area contributed by atoms with Crippen molar-refractivity contribution in [1.82, 2.24) is 0 Å². The molecule has 0 bridgehead atoms. The van der Waals surface area contributed by atoms with Crippen molar-refractivity contribution in [2.24, 2.45) is 0 Å². The molecule has 0 aromatic rings. The van der Waals surface area contributed by atoms with E-state index in [4.69, 9.17) is 4.74 Å². The van der Waals surface area contributed by atoms with Crippen LogP contribution >= 0.6 is 0 Å². The van der Waals surface area contributed by atoms with Crippen LogP contribution in [-0.4, -0.2) is 19.4 Å². The Morgan fingerprint density at radius 2 is 2.08 bits per heavy atom. The summed E-state index contributed by atoms with van der Waals surface area (Å²) < 4.78 is 9.53. The third-order valence-electron chi connectivity index (χ3n) is 2.15. The topological polar surface area (TPSA) is 35.5 Å². The van der Waals surface area contributed by atoms with Gasteiger partial charge in [0.2, 0.25) is 0 Å². The average molecular weight is 184 g/mol. The smallest absolute Gasteiger partial charge is 0.438 e. The van der Waals surface area contributed by atoms with Crippen molar-refractivity contribution in [3.63, 3.8) is 0 Å². The van der Waals surface area contributed by atoms with Crippen molar-refractivity contribution in [3.05, 3.63) is 12.2 Å². The summed E-state index contributed by atoms with van der Waals surface area (Å²) in [5, 5.41) is 0. The van der Waals surface area contributed by atoms with Gasteiger partial charge in [0.1, 0.15) is 6.10 Å². The first kappa shape index (κ1) is 10.1. The molecule has 0 N–H and O–H groups in total. The van der Waals surface area contributed by atoms with E-state index in [0.29, 0.717) is 0 Å². The van der Waals surface area contributed by atoms with E-state index in [0.717, 1.165) is 32.1 Å². The predicted molar refractivity (Wildman–Crippen MR) is 49.5 cm³/mol. The fourth-order valence-corrected chi connectivity index (χ4v) is 1.43. The summed E-state index contributed by atoms with van der Waals surface area (Å²) in [6, 6.07) is 0. The molecule has 0 aliphatic heterocycles. The Kier molecular flexibility index (Phi) is 4.36. The van der Waals surface area contributed by atoms with Crippen molar-refractivity contribution >= 4 is 6.16 Å². The maximum atomic E-state index is 10.8. The Morgan fingerprint density at radius 1 is 1.31 bits per heavy atom. The largest absolute Gasteiger partial charge is 0.508 e. The highest BCUT2D eigenvalue weighted by Crippen LogP contribution is 2.15. The first-order valence-electron chi connectivity index (χ1n) is 4.72. The van der Waals surface area contributed by atoms with E-state index in [2.05, 4.69) is 16.9 Å². The maximum absolute atomic E-state index is 10.8. The zero-order valence-electron chi connectivity index (χ0n) is 7.99. The van der Waals surface area contributed by atoms with E-state index in [9.17, 15) is 4.79 Å². The van der Waals surface area contributed by atoms with Crippen LogP contribution in [0.2, 0.25) is 0 Å². The highest BCUT2D eigenvalue weighted by molar-refractivity contribution is 5.59. The molecule has 1 rings (SSSR count). The van der Waals surface area contributed by atoms with Gasteiger partial charge in [0.25, 0.3) is 0 Å². The second kappa shape index (κ2) is 5.62. The Morgan fingerprint density at radius 3 is 2.85 bits per heavy atom. The molecule has 0 aromatic heterocycles. The minimum atomic E-state index is -0.561. The van der Waals surface area contributed by atoms with Gasteiger partial charge in [-0.3, -0.25) is 0 Å². The van der Waals surface area contributed by atoms with Crippen LogP contribution in [0.1, 0.15) is 32.1 Å². The van der Waals surface area contributed by atoms with Crippen LogP contribution in [0.5, 0.6) is 0 Å². The molecular weight excluding hydrogens is 168 g/mol. The zero-order valence-corrected chi connectivity index (χ0v) is 7.99. The lowest BCUT2D eigenvalue weighted by Gasteiger charge is -2.17. The Balaban J connectivity index is 2.31. The van der Waals surface area contributed by atoms with Crippen molar-refractivity contribution < 1.29 is 14.3 Å². The highest BCUT2D eigenvalue weighted by Gasteiger charge is 2.14. The van der Waals surface area contributed by atoms with E-state index >= 15 is 0 Å². The fraction of sp³-hybridized carbons (Fsp3) is 0.700. The number of methoxy groups -OCH3 is 1. The standard InChI is InChI=1S/C10H16O3/c1-12-10(11)13-9-7-5-3-2-4-6-8-9/h2-3,9H,4-8H2,1H3. The molecule has 0 radical (unpaired) electrons. The number of rotatable bonds is 1. The van der Waals surface area contributed by atoms with E-state index < -0.39 is 6.16 Å². The normalized spacial score (nSPS) is 23.0. The van der Waals surface area contributed by atoms with Gasteiger partial charge in [0.15, 0.2) is 0 Å². The van der Waals surface area contributed by atoms with Crippen LogP contribution in [0.3, 0.4) is 0 Å². The molecule has 0 saturated heterocycles. The van der Waals surface area contributed by atoms with Crippen LogP contribution in [0.15, 0.2) is 12.2 Å². The lowest BCUT2D eigenvalue weighted by atomic mass is 10.0. The van der Waals surface area contributed by atoms with Crippen LogP contribution in [0.25, 0.3) is 0 Å². The molecule has 3 heteroatoms. The van der Waals surface area contributed by atoms with Crippen molar-refractivity contribution in [3.8, 4) is 0 Å². The summed E-state index contributed by atoms with van der Waals surface area (Å²) in [5.74, 6) is 0. The van der Waals surface area contributed by atoms with Gasteiger partial charge in [-0.1, -0.05) is 12.2 Å². The van der Waals surface area contributed by atoms with Crippen LogP contribution in [-0.2, 0) is 9.47 Å². The molecule has 74 valence electrons. The van der Waals surface area contributed by atoms with Gasteiger partial charge in [0, 0.05) is 0 Å². The molecule has 0 saturated carbocycles. The zero-order chi connectivity index (χ0) is 9.52. The number of carbonyl (C=O) groups is 1. The molecule has 1 atom stereocenters. The maximum Gasteiger partial charge on any atom is 0.508 e. The molecule has 0 amide bonds.